The molecule has 0 spiro atoms. The van der Waals surface area contributed by atoms with Crippen LogP contribution in [0.2, 0.25) is 0 Å². The van der Waals surface area contributed by atoms with Crippen molar-refractivity contribution in [2.45, 2.75) is 32.7 Å². The van der Waals surface area contributed by atoms with E-state index in [1.54, 1.807) is 6.26 Å². The third-order valence-electron chi connectivity index (χ3n) is 2.65. The molecule has 0 amide bonds. The summed E-state index contributed by atoms with van der Waals surface area (Å²) in [4.78, 5) is 0. The third-order valence-corrected chi connectivity index (χ3v) is 5.14. The van der Waals surface area contributed by atoms with E-state index in [1.807, 2.05) is 0 Å². The van der Waals surface area contributed by atoms with Crippen LogP contribution in [0.15, 0.2) is 0 Å². The van der Waals surface area contributed by atoms with Crippen LogP contribution >= 0.6 is 11.8 Å². The van der Waals surface area contributed by atoms with Gasteiger partial charge in [0.15, 0.2) is 0 Å². The first-order valence-corrected chi connectivity index (χ1v) is 8.49. The third kappa shape index (κ3) is 5.93. The predicted molar refractivity (Wildman–Crippen MR) is 71.1 cm³/mol. The van der Waals surface area contributed by atoms with E-state index in [1.165, 1.54) is 17.9 Å². The summed E-state index contributed by atoms with van der Waals surface area (Å²) in [5.41, 5.74) is 0.480. The number of hydrogen-bond acceptors (Lipinski definition) is 3. The highest BCUT2D eigenvalue weighted by molar-refractivity contribution is 7.99. The summed E-state index contributed by atoms with van der Waals surface area (Å²) in [5.74, 6) is 3.35. The van der Waals surface area contributed by atoms with Gasteiger partial charge >= 0.3 is 0 Å². The van der Waals surface area contributed by atoms with E-state index in [0.29, 0.717) is 11.5 Å². The first-order valence-electron chi connectivity index (χ1n) is 5.61. The van der Waals surface area contributed by atoms with E-state index in [-0.39, 0.29) is 0 Å². The van der Waals surface area contributed by atoms with Crippen molar-refractivity contribution in [2.75, 3.05) is 30.1 Å². The van der Waals surface area contributed by atoms with Gasteiger partial charge in [-0.3, -0.25) is 4.21 Å². The van der Waals surface area contributed by atoms with Crippen LogP contribution in [0, 0.1) is 5.41 Å². The minimum atomic E-state index is -0.632. The molecule has 0 radical (unpaired) electrons. The minimum absolute atomic E-state index is 0.480. The fourth-order valence-electron chi connectivity index (χ4n) is 1.98. The fourth-order valence-corrected chi connectivity index (χ4v) is 3.83. The fraction of sp³-hybridized carbons (Fsp3) is 1.00. The summed E-state index contributed by atoms with van der Waals surface area (Å²) in [7, 11) is -0.632. The molecule has 2 atom stereocenters. The van der Waals surface area contributed by atoms with Gasteiger partial charge in [0.2, 0.25) is 0 Å². The lowest BCUT2D eigenvalue weighted by molar-refractivity contribution is 0.319. The van der Waals surface area contributed by atoms with Crippen LogP contribution in [0.25, 0.3) is 0 Å². The molecule has 15 heavy (non-hydrogen) atoms. The Bertz CT molecular complexity index is 219. The molecule has 0 aromatic carbocycles. The van der Waals surface area contributed by atoms with E-state index < -0.39 is 10.8 Å². The quantitative estimate of drug-likeness (QED) is 0.754. The maximum atomic E-state index is 10.9. The molecule has 1 N–H and O–H groups in total. The molecular formula is C11H23NOS2. The van der Waals surface area contributed by atoms with Gasteiger partial charge in [0.1, 0.15) is 0 Å². The lowest BCUT2D eigenvalue weighted by atomic mass is 9.88. The summed E-state index contributed by atoms with van der Waals surface area (Å²) >= 11 is 2.05. The molecule has 90 valence electrons. The monoisotopic (exact) mass is 249 g/mol. The minimum Gasteiger partial charge on any atom is -0.313 e. The Morgan fingerprint density at radius 2 is 2.27 bits per heavy atom. The van der Waals surface area contributed by atoms with Gasteiger partial charge in [0, 0.05) is 34.6 Å². The average molecular weight is 249 g/mol. The molecule has 0 saturated carbocycles. The molecule has 1 rings (SSSR count). The van der Waals surface area contributed by atoms with Crippen LogP contribution in [0.4, 0.5) is 0 Å². The normalized spacial score (nSPS) is 27.5. The highest BCUT2D eigenvalue weighted by Crippen LogP contribution is 2.33. The summed E-state index contributed by atoms with van der Waals surface area (Å²) in [6.07, 6.45) is 4.08. The zero-order valence-corrected chi connectivity index (χ0v) is 11.7. The Labute approximate surface area is 100 Å². The van der Waals surface area contributed by atoms with Crippen molar-refractivity contribution in [3.63, 3.8) is 0 Å². The van der Waals surface area contributed by atoms with Gasteiger partial charge < -0.3 is 5.32 Å². The molecule has 1 heterocycles. The van der Waals surface area contributed by atoms with E-state index >= 15 is 0 Å². The van der Waals surface area contributed by atoms with E-state index in [4.69, 9.17) is 0 Å². The molecule has 0 bridgehead atoms. The van der Waals surface area contributed by atoms with Gasteiger partial charge in [-0.15, -0.1) is 0 Å². The van der Waals surface area contributed by atoms with Gasteiger partial charge in [-0.1, -0.05) is 13.8 Å². The molecule has 1 fully saturated rings. The molecule has 1 aliphatic heterocycles. The molecule has 4 heteroatoms. The Hall–Kier alpha value is 0.460. The van der Waals surface area contributed by atoms with E-state index in [0.717, 1.165) is 18.7 Å². The Morgan fingerprint density at radius 1 is 1.53 bits per heavy atom. The van der Waals surface area contributed by atoms with Crippen molar-refractivity contribution < 1.29 is 4.21 Å². The second-order valence-electron chi connectivity index (χ2n) is 5.17. The first-order chi connectivity index (χ1) is 6.99. The average Bonchev–Trinajstić information content (AvgIpc) is 2.10. The second kappa shape index (κ2) is 6.26. The van der Waals surface area contributed by atoms with Crippen molar-refractivity contribution in [1.82, 2.24) is 5.32 Å². The van der Waals surface area contributed by atoms with Crippen molar-refractivity contribution in [3.05, 3.63) is 0 Å². The number of nitrogens with one attached hydrogen (secondary N) is 1. The van der Waals surface area contributed by atoms with Crippen molar-refractivity contribution in [2.24, 2.45) is 5.41 Å². The summed E-state index contributed by atoms with van der Waals surface area (Å²) in [6.45, 7) is 5.70. The Balaban J connectivity index is 2.13. The lowest BCUT2D eigenvalue weighted by Crippen LogP contribution is -2.40. The van der Waals surface area contributed by atoms with Crippen LogP contribution in [0.3, 0.4) is 0 Å². The first kappa shape index (κ1) is 13.5. The number of rotatable bonds is 5. The second-order valence-corrected chi connectivity index (χ2v) is 7.75. The molecule has 0 aliphatic carbocycles. The van der Waals surface area contributed by atoms with Gasteiger partial charge in [-0.05, 0) is 30.6 Å². The maximum Gasteiger partial charge on any atom is 0.0244 e. The topological polar surface area (TPSA) is 29.1 Å². The van der Waals surface area contributed by atoms with Crippen LogP contribution in [-0.2, 0) is 10.8 Å². The Kier molecular flexibility index (Phi) is 5.64. The highest BCUT2D eigenvalue weighted by Gasteiger charge is 2.27. The standard InChI is InChI=1S/C11H23NOS2/c1-11(2)7-10(8-14-9-11)12-5-4-6-15(3)13/h10,12H,4-9H2,1-3H3. The van der Waals surface area contributed by atoms with Crippen LogP contribution < -0.4 is 5.32 Å². The van der Waals surface area contributed by atoms with E-state index in [9.17, 15) is 4.21 Å². The summed E-state index contributed by atoms with van der Waals surface area (Å²) in [6, 6.07) is 0.657. The van der Waals surface area contributed by atoms with Crippen LogP contribution in [0.1, 0.15) is 26.7 Å². The lowest BCUT2D eigenvalue weighted by Gasteiger charge is -2.35. The predicted octanol–water partition coefficient (Wildman–Crippen LogP) is 1.88. The van der Waals surface area contributed by atoms with Gasteiger partial charge in [-0.2, -0.15) is 11.8 Å². The molecule has 0 aromatic rings. The molecule has 1 saturated heterocycles. The summed E-state index contributed by atoms with van der Waals surface area (Å²) in [5, 5.41) is 3.58. The molecule has 2 nitrogen and oxygen atoms in total. The zero-order valence-electron chi connectivity index (χ0n) is 10.0. The van der Waals surface area contributed by atoms with Crippen LogP contribution in [0.5, 0.6) is 0 Å². The van der Waals surface area contributed by atoms with Gasteiger partial charge in [-0.25, -0.2) is 0 Å². The zero-order chi connectivity index (χ0) is 11.3. The van der Waals surface area contributed by atoms with Crippen molar-refractivity contribution >= 4 is 22.6 Å². The van der Waals surface area contributed by atoms with Gasteiger partial charge in [0.25, 0.3) is 0 Å². The van der Waals surface area contributed by atoms with Gasteiger partial charge in [0.05, 0.1) is 0 Å². The molecule has 2 unspecified atom stereocenters. The number of thioether (sulfide) groups is 1. The Morgan fingerprint density at radius 3 is 2.87 bits per heavy atom. The molecule has 0 aromatic heterocycles. The maximum absolute atomic E-state index is 10.9. The largest absolute Gasteiger partial charge is 0.313 e. The van der Waals surface area contributed by atoms with Crippen LogP contribution in [-0.4, -0.2) is 40.3 Å². The molecular weight excluding hydrogens is 226 g/mol. The molecule has 1 aliphatic rings. The van der Waals surface area contributed by atoms with Crippen molar-refractivity contribution in [1.29, 1.82) is 0 Å². The smallest absolute Gasteiger partial charge is 0.0244 e. The SMILES string of the molecule is CS(=O)CCCNC1CSCC(C)(C)C1. The highest BCUT2D eigenvalue weighted by atomic mass is 32.2. The summed E-state index contributed by atoms with van der Waals surface area (Å²) < 4.78 is 10.9. The number of hydrogen-bond donors (Lipinski definition) is 1. The van der Waals surface area contributed by atoms with Crippen molar-refractivity contribution in [3.8, 4) is 0 Å². The van der Waals surface area contributed by atoms with E-state index in [2.05, 4.69) is 30.9 Å².